The van der Waals surface area contributed by atoms with Crippen LogP contribution >= 0.6 is 0 Å². The summed E-state index contributed by atoms with van der Waals surface area (Å²) in [6, 6.07) is 13.5. The first-order chi connectivity index (χ1) is 11.9. The third-order valence-electron chi connectivity index (χ3n) is 3.90. The molecule has 2 aromatic rings. The number of rotatable bonds is 7. The lowest BCUT2D eigenvalue weighted by atomic mass is 9.96. The number of nitrogens with one attached hydrogen (secondary N) is 1. The van der Waals surface area contributed by atoms with Gasteiger partial charge in [0.05, 0.1) is 13.7 Å². The summed E-state index contributed by atoms with van der Waals surface area (Å²) in [6.45, 7) is 2.33. The average Bonchev–Trinajstić information content (AvgIpc) is 2.61. The highest BCUT2D eigenvalue weighted by Gasteiger charge is 2.22. The summed E-state index contributed by atoms with van der Waals surface area (Å²) >= 11 is 0. The summed E-state index contributed by atoms with van der Waals surface area (Å²) in [7, 11) is 1.63. The SMILES string of the molecule is COc1ccc(CCNC(N)=NCC(C)(O)c2ccc(F)cc2)cc1. The van der Waals surface area contributed by atoms with Gasteiger partial charge in [0.15, 0.2) is 5.96 Å². The molecule has 0 fully saturated rings. The molecule has 0 aliphatic heterocycles. The minimum atomic E-state index is -1.21. The predicted octanol–water partition coefficient (Wildman–Crippen LogP) is 2.19. The number of methoxy groups -OCH3 is 1. The average molecular weight is 345 g/mol. The Balaban J connectivity index is 1.83. The van der Waals surface area contributed by atoms with Gasteiger partial charge in [-0.05, 0) is 48.7 Å². The molecular weight excluding hydrogens is 321 g/mol. The number of nitrogens with two attached hydrogens (primary N) is 1. The Morgan fingerprint density at radius 2 is 1.84 bits per heavy atom. The molecule has 0 spiro atoms. The smallest absolute Gasteiger partial charge is 0.188 e. The van der Waals surface area contributed by atoms with E-state index in [0.29, 0.717) is 12.1 Å². The van der Waals surface area contributed by atoms with Crippen molar-refractivity contribution in [3.05, 3.63) is 65.5 Å². The molecule has 0 bridgehead atoms. The number of nitrogens with zero attached hydrogens (tertiary/aromatic N) is 1. The van der Waals surface area contributed by atoms with Crippen LogP contribution in [0.25, 0.3) is 0 Å². The molecule has 1 unspecified atom stereocenters. The number of benzene rings is 2. The van der Waals surface area contributed by atoms with E-state index in [2.05, 4.69) is 10.3 Å². The van der Waals surface area contributed by atoms with Crippen LogP contribution < -0.4 is 15.8 Å². The molecule has 25 heavy (non-hydrogen) atoms. The zero-order chi connectivity index (χ0) is 18.3. The van der Waals surface area contributed by atoms with Gasteiger partial charge in [-0.3, -0.25) is 4.99 Å². The summed E-state index contributed by atoms with van der Waals surface area (Å²) in [5.41, 5.74) is 6.37. The van der Waals surface area contributed by atoms with Gasteiger partial charge in [-0.25, -0.2) is 4.39 Å². The van der Waals surface area contributed by atoms with E-state index < -0.39 is 5.60 Å². The first-order valence-electron chi connectivity index (χ1n) is 8.06. The number of aliphatic imine (C=N–C) groups is 1. The largest absolute Gasteiger partial charge is 0.497 e. The summed E-state index contributed by atoms with van der Waals surface area (Å²) in [5.74, 6) is 0.736. The lowest BCUT2D eigenvalue weighted by Gasteiger charge is -2.22. The molecule has 0 aliphatic carbocycles. The van der Waals surface area contributed by atoms with E-state index in [1.165, 1.54) is 24.3 Å². The van der Waals surface area contributed by atoms with Crippen molar-refractivity contribution in [3.8, 4) is 5.75 Å². The fraction of sp³-hybridized carbons (Fsp3) is 0.316. The van der Waals surface area contributed by atoms with Crippen molar-refractivity contribution in [2.75, 3.05) is 20.2 Å². The summed E-state index contributed by atoms with van der Waals surface area (Å²) in [5, 5.41) is 13.5. The van der Waals surface area contributed by atoms with Gasteiger partial charge in [0.25, 0.3) is 0 Å². The molecule has 1 atom stereocenters. The van der Waals surface area contributed by atoms with E-state index in [-0.39, 0.29) is 18.3 Å². The topological polar surface area (TPSA) is 79.9 Å². The second kappa shape index (κ2) is 8.48. The number of ether oxygens (including phenoxy) is 1. The maximum absolute atomic E-state index is 13.0. The van der Waals surface area contributed by atoms with Crippen LogP contribution in [-0.2, 0) is 12.0 Å². The van der Waals surface area contributed by atoms with Crippen molar-refractivity contribution >= 4 is 5.96 Å². The van der Waals surface area contributed by atoms with Crippen molar-refractivity contribution in [1.82, 2.24) is 5.32 Å². The number of aliphatic hydroxyl groups is 1. The monoisotopic (exact) mass is 345 g/mol. The molecule has 134 valence electrons. The third kappa shape index (κ3) is 5.76. The summed E-state index contributed by atoms with van der Waals surface area (Å²) < 4.78 is 18.1. The van der Waals surface area contributed by atoms with Crippen molar-refractivity contribution in [2.45, 2.75) is 18.9 Å². The van der Waals surface area contributed by atoms with Crippen LogP contribution in [0, 0.1) is 5.82 Å². The van der Waals surface area contributed by atoms with Gasteiger partial charge in [-0.1, -0.05) is 24.3 Å². The Morgan fingerprint density at radius 1 is 1.20 bits per heavy atom. The first-order valence-corrected chi connectivity index (χ1v) is 8.06. The Morgan fingerprint density at radius 3 is 2.44 bits per heavy atom. The lowest BCUT2D eigenvalue weighted by molar-refractivity contribution is 0.0672. The summed E-state index contributed by atoms with van der Waals surface area (Å²) in [4.78, 5) is 4.17. The number of hydrogen-bond donors (Lipinski definition) is 3. The van der Waals surface area contributed by atoms with Gasteiger partial charge < -0.3 is 20.9 Å². The zero-order valence-electron chi connectivity index (χ0n) is 14.5. The van der Waals surface area contributed by atoms with Gasteiger partial charge in [0, 0.05) is 6.54 Å². The maximum atomic E-state index is 13.0. The molecule has 0 saturated carbocycles. The predicted molar refractivity (Wildman–Crippen MR) is 97.2 cm³/mol. The molecular formula is C19H24FN3O2. The minimum absolute atomic E-state index is 0.0833. The Hall–Kier alpha value is -2.60. The van der Waals surface area contributed by atoms with Crippen molar-refractivity contribution in [3.63, 3.8) is 0 Å². The number of halogens is 1. The standard InChI is InChI=1S/C19H24FN3O2/c1-19(24,15-5-7-16(20)8-6-15)13-23-18(21)22-12-11-14-3-9-17(25-2)10-4-14/h3-10,24H,11-13H2,1-2H3,(H3,21,22,23). The quantitative estimate of drug-likeness (QED) is 0.531. The molecule has 0 aromatic heterocycles. The zero-order valence-corrected chi connectivity index (χ0v) is 14.5. The fourth-order valence-corrected chi connectivity index (χ4v) is 2.32. The normalized spacial score (nSPS) is 14.0. The second-order valence-corrected chi connectivity index (χ2v) is 6.01. The lowest BCUT2D eigenvalue weighted by Crippen LogP contribution is -2.35. The Bertz CT molecular complexity index is 698. The second-order valence-electron chi connectivity index (χ2n) is 6.01. The highest BCUT2D eigenvalue weighted by Crippen LogP contribution is 2.21. The molecule has 2 aromatic carbocycles. The Labute approximate surface area is 147 Å². The fourth-order valence-electron chi connectivity index (χ4n) is 2.32. The molecule has 0 saturated heterocycles. The molecule has 5 nitrogen and oxygen atoms in total. The van der Waals surface area contributed by atoms with Gasteiger partial charge in [0.2, 0.25) is 0 Å². The molecule has 0 aliphatic rings. The van der Waals surface area contributed by atoms with E-state index >= 15 is 0 Å². The van der Waals surface area contributed by atoms with Crippen molar-refractivity contribution < 1.29 is 14.2 Å². The minimum Gasteiger partial charge on any atom is -0.497 e. The van der Waals surface area contributed by atoms with E-state index in [4.69, 9.17) is 10.5 Å². The van der Waals surface area contributed by atoms with E-state index in [1.807, 2.05) is 24.3 Å². The number of hydrogen-bond acceptors (Lipinski definition) is 3. The van der Waals surface area contributed by atoms with Crippen LogP contribution in [0.3, 0.4) is 0 Å². The Kier molecular flexibility index (Phi) is 6.36. The highest BCUT2D eigenvalue weighted by atomic mass is 19.1. The van der Waals surface area contributed by atoms with Crippen LogP contribution in [0.2, 0.25) is 0 Å². The van der Waals surface area contributed by atoms with E-state index in [0.717, 1.165) is 17.7 Å². The van der Waals surface area contributed by atoms with Crippen LogP contribution in [0.4, 0.5) is 4.39 Å². The van der Waals surface area contributed by atoms with Gasteiger partial charge >= 0.3 is 0 Å². The molecule has 2 rings (SSSR count). The molecule has 0 amide bonds. The van der Waals surface area contributed by atoms with Gasteiger partial charge in [0.1, 0.15) is 17.2 Å². The van der Waals surface area contributed by atoms with E-state index in [1.54, 1.807) is 14.0 Å². The molecule has 0 heterocycles. The molecule has 6 heteroatoms. The highest BCUT2D eigenvalue weighted by molar-refractivity contribution is 5.77. The summed E-state index contributed by atoms with van der Waals surface area (Å²) in [6.07, 6.45) is 0.786. The first kappa shape index (κ1) is 18.7. The van der Waals surface area contributed by atoms with Crippen molar-refractivity contribution in [2.24, 2.45) is 10.7 Å². The van der Waals surface area contributed by atoms with Crippen LogP contribution in [0.1, 0.15) is 18.1 Å². The van der Waals surface area contributed by atoms with Gasteiger partial charge in [-0.15, -0.1) is 0 Å². The van der Waals surface area contributed by atoms with Crippen molar-refractivity contribution in [1.29, 1.82) is 0 Å². The van der Waals surface area contributed by atoms with Crippen LogP contribution in [-0.4, -0.2) is 31.3 Å². The van der Waals surface area contributed by atoms with Crippen LogP contribution in [0.5, 0.6) is 5.75 Å². The van der Waals surface area contributed by atoms with E-state index in [9.17, 15) is 9.50 Å². The maximum Gasteiger partial charge on any atom is 0.188 e. The third-order valence-corrected chi connectivity index (χ3v) is 3.90. The van der Waals surface area contributed by atoms with Gasteiger partial charge in [-0.2, -0.15) is 0 Å². The molecule has 0 radical (unpaired) electrons. The van der Waals surface area contributed by atoms with Crippen LogP contribution in [0.15, 0.2) is 53.5 Å². The number of guanidine groups is 1. The molecule has 4 N–H and O–H groups in total.